The van der Waals surface area contributed by atoms with E-state index in [1.165, 1.54) is 34.4 Å². The van der Waals surface area contributed by atoms with E-state index >= 15 is 0 Å². The lowest BCUT2D eigenvalue weighted by Gasteiger charge is -2.57. The van der Waals surface area contributed by atoms with Crippen LogP contribution in [-0.2, 0) is 4.43 Å². The van der Waals surface area contributed by atoms with Gasteiger partial charge in [-0.2, -0.15) is 0 Å². The van der Waals surface area contributed by atoms with E-state index in [2.05, 4.69) is 149 Å². The van der Waals surface area contributed by atoms with Gasteiger partial charge in [-0.25, -0.2) is 0 Å². The van der Waals surface area contributed by atoms with Crippen molar-refractivity contribution in [3.8, 4) is 0 Å². The van der Waals surface area contributed by atoms with Crippen LogP contribution in [0.3, 0.4) is 0 Å². The Hall–Kier alpha value is -3.11. The average molecular weight is 632 g/mol. The van der Waals surface area contributed by atoms with E-state index in [9.17, 15) is 5.53 Å². The highest BCUT2D eigenvalue weighted by Gasteiger charge is 2.57. The Kier molecular flexibility index (Phi) is 9.15. The largest absolute Gasteiger partial charge is 0.404 e. The minimum atomic E-state index is -2.61. The van der Waals surface area contributed by atoms with Gasteiger partial charge in [0.15, 0.2) is 0 Å². The molecule has 0 spiro atoms. The van der Waals surface area contributed by atoms with Crippen molar-refractivity contribution in [1.82, 2.24) is 0 Å². The second-order valence-corrected chi connectivity index (χ2v) is 20.3. The van der Waals surface area contributed by atoms with Crippen molar-refractivity contribution in [1.29, 1.82) is 0 Å². The first-order chi connectivity index (χ1) is 22.0. The van der Waals surface area contributed by atoms with E-state index in [0.29, 0.717) is 30.2 Å². The van der Waals surface area contributed by atoms with Crippen LogP contribution in [0.5, 0.6) is 0 Å². The minimum absolute atomic E-state index is 0.0279. The molecule has 0 N–H and O–H groups in total. The molecule has 46 heavy (non-hydrogen) atoms. The fraction of sp³-hybridized carbons (Fsp3) is 0.512. The molecule has 5 heteroatoms. The fourth-order valence-corrected chi connectivity index (χ4v) is 15.0. The third kappa shape index (κ3) is 5.59. The van der Waals surface area contributed by atoms with Gasteiger partial charge < -0.3 is 4.43 Å². The third-order valence-electron chi connectivity index (χ3n) is 12.8. The van der Waals surface area contributed by atoms with Crippen LogP contribution in [0.25, 0.3) is 16.0 Å². The molecular weight excluding hydrogens is 579 g/mol. The lowest BCUT2D eigenvalue weighted by molar-refractivity contribution is -0.0690. The molecule has 4 nitrogen and oxygen atoms in total. The van der Waals surface area contributed by atoms with Gasteiger partial charge in [-0.3, -0.25) is 0 Å². The Morgan fingerprint density at radius 1 is 0.848 bits per heavy atom. The van der Waals surface area contributed by atoms with Crippen LogP contribution in [0, 0.1) is 34.5 Å². The zero-order chi connectivity index (χ0) is 32.6. The molecule has 2 saturated carbocycles. The lowest BCUT2D eigenvalue weighted by Crippen LogP contribution is -2.68. The van der Waals surface area contributed by atoms with Crippen molar-refractivity contribution in [3.63, 3.8) is 0 Å². The second kappa shape index (κ2) is 12.8. The normalized spacial score (nSPS) is 31.4. The number of fused-ring (bicyclic) bond motifs is 1. The highest BCUT2D eigenvalue weighted by molar-refractivity contribution is 6.99. The van der Waals surface area contributed by atoms with Gasteiger partial charge in [0.1, 0.15) is 0 Å². The third-order valence-corrected chi connectivity index (χ3v) is 17.9. The van der Waals surface area contributed by atoms with Crippen LogP contribution in [0.2, 0.25) is 5.04 Å². The molecular formula is C41H53N3OSi. The van der Waals surface area contributed by atoms with Crippen molar-refractivity contribution >= 4 is 24.3 Å². The van der Waals surface area contributed by atoms with Gasteiger partial charge in [-0.15, -0.1) is 0 Å². The van der Waals surface area contributed by atoms with E-state index in [-0.39, 0.29) is 22.0 Å². The standard InChI is InChI=1S/C41H53N3OSi/c1-30-28-32(45-46(39(2,3)4,33-18-12-8-13-19-33)34-20-14-9-15-21-34)24-26-40(30,5)38-25-27-41(6)36(31-16-10-7-11-17-31)22-23-37(41)35(38)29-43-44-42/h7-22,30,32,35,37-38H,23-29H2,1-6H3/t30-,32-,35-,37-,38-,40+,41+/m0/s1. The molecule has 3 aromatic rings. The summed E-state index contributed by atoms with van der Waals surface area (Å²) in [4.78, 5) is 3.29. The zero-order valence-corrected chi connectivity index (χ0v) is 29.8. The van der Waals surface area contributed by atoms with Crippen LogP contribution >= 0.6 is 0 Å². The first kappa shape index (κ1) is 32.8. The molecule has 0 amide bonds. The number of nitrogens with zero attached hydrogens (tertiary/aromatic N) is 3. The van der Waals surface area contributed by atoms with E-state index < -0.39 is 8.32 Å². The van der Waals surface area contributed by atoms with Crippen molar-refractivity contribution < 1.29 is 4.43 Å². The minimum Gasteiger partial charge on any atom is -0.404 e. The summed E-state index contributed by atoms with van der Waals surface area (Å²) in [6, 6.07) is 33.1. The van der Waals surface area contributed by atoms with Gasteiger partial charge >= 0.3 is 0 Å². The molecule has 0 aromatic heterocycles. The molecule has 0 heterocycles. The van der Waals surface area contributed by atoms with Crippen LogP contribution in [0.4, 0.5) is 0 Å². The van der Waals surface area contributed by atoms with Crippen molar-refractivity contribution in [2.24, 2.45) is 39.6 Å². The Labute approximate surface area is 278 Å². The number of rotatable bonds is 8. The molecule has 3 aromatic carbocycles. The highest BCUT2D eigenvalue weighted by atomic mass is 28.4. The highest BCUT2D eigenvalue weighted by Crippen LogP contribution is 2.64. The average Bonchev–Trinajstić information content (AvgIpc) is 3.42. The second-order valence-electron chi connectivity index (χ2n) is 16.1. The first-order valence-corrected chi connectivity index (χ1v) is 19.5. The monoisotopic (exact) mass is 631 g/mol. The van der Waals surface area contributed by atoms with Gasteiger partial charge in [0, 0.05) is 17.6 Å². The van der Waals surface area contributed by atoms with Gasteiger partial charge in [0.2, 0.25) is 0 Å². The predicted octanol–water partition coefficient (Wildman–Crippen LogP) is 10.2. The maximum absolute atomic E-state index is 9.47. The van der Waals surface area contributed by atoms with Crippen LogP contribution < -0.4 is 10.4 Å². The van der Waals surface area contributed by atoms with E-state index in [1.807, 2.05) is 0 Å². The maximum atomic E-state index is 9.47. The molecule has 242 valence electrons. The molecule has 0 saturated heterocycles. The Morgan fingerprint density at radius 3 is 1.98 bits per heavy atom. The van der Waals surface area contributed by atoms with E-state index in [1.54, 1.807) is 0 Å². The summed E-state index contributed by atoms with van der Waals surface area (Å²) in [7, 11) is -2.61. The Bertz CT molecular complexity index is 1520. The number of benzene rings is 3. The summed E-state index contributed by atoms with van der Waals surface area (Å²) >= 11 is 0. The molecule has 0 aliphatic heterocycles. The molecule has 0 radical (unpaired) electrons. The number of azide groups is 1. The number of hydrogen-bond donors (Lipinski definition) is 0. The maximum Gasteiger partial charge on any atom is 0.261 e. The summed E-state index contributed by atoms with van der Waals surface area (Å²) < 4.78 is 7.67. The quantitative estimate of drug-likeness (QED) is 0.106. The van der Waals surface area contributed by atoms with Crippen molar-refractivity contribution in [2.45, 2.75) is 91.2 Å². The van der Waals surface area contributed by atoms with E-state index in [0.717, 1.165) is 25.7 Å². The molecule has 0 bridgehead atoms. The van der Waals surface area contributed by atoms with Gasteiger partial charge in [0.05, 0.1) is 0 Å². The van der Waals surface area contributed by atoms with Crippen molar-refractivity contribution in [3.05, 3.63) is 113 Å². The smallest absolute Gasteiger partial charge is 0.261 e. The molecule has 6 rings (SSSR count). The predicted molar refractivity (Wildman–Crippen MR) is 194 cm³/mol. The van der Waals surface area contributed by atoms with Crippen molar-refractivity contribution in [2.75, 3.05) is 6.54 Å². The van der Waals surface area contributed by atoms with Crippen LogP contribution in [0.1, 0.15) is 85.6 Å². The summed E-state index contributed by atoms with van der Waals surface area (Å²) in [6.45, 7) is 15.3. The molecule has 3 aliphatic carbocycles. The fourth-order valence-electron chi connectivity index (χ4n) is 10.2. The number of hydrogen-bond acceptors (Lipinski definition) is 2. The molecule has 7 atom stereocenters. The number of allylic oxidation sites excluding steroid dienone is 2. The van der Waals surface area contributed by atoms with Gasteiger partial charge in [-0.1, -0.05) is 144 Å². The Morgan fingerprint density at radius 2 is 1.43 bits per heavy atom. The SMILES string of the molecule is C[C@H]1C[C@@H](O[Si](c2ccccc2)(c2ccccc2)C(C)(C)C)CC[C@@]1(C)[C@H]1CC[C@]2(C)C(c3ccccc3)=CC[C@H]2[C@@H]1CN=[N+]=[N-]. The van der Waals surface area contributed by atoms with Gasteiger partial charge in [0.25, 0.3) is 8.32 Å². The molecule has 3 aliphatic rings. The summed E-state index contributed by atoms with van der Waals surface area (Å²) in [5, 5.41) is 6.97. The topological polar surface area (TPSA) is 58.0 Å². The Balaban J connectivity index is 1.28. The summed E-state index contributed by atoms with van der Waals surface area (Å²) in [5.41, 5.74) is 12.6. The lowest BCUT2D eigenvalue weighted by atomic mass is 9.49. The first-order valence-electron chi connectivity index (χ1n) is 17.6. The van der Waals surface area contributed by atoms with Crippen LogP contribution in [-0.4, -0.2) is 21.0 Å². The molecule has 2 fully saturated rings. The van der Waals surface area contributed by atoms with E-state index in [4.69, 9.17) is 4.43 Å². The van der Waals surface area contributed by atoms with Crippen LogP contribution in [0.15, 0.2) is 102 Å². The summed E-state index contributed by atoms with van der Waals surface area (Å²) in [5.74, 6) is 1.93. The zero-order valence-electron chi connectivity index (χ0n) is 28.8. The molecule has 0 unspecified atom stereocenters. The summed E-state index contributed by atoms with van der Waals surface area (Å²) in [6.07, 6.45) is 9.48. The van der Waals surface area contributed by atoms with Gasteiger partial charge in [-0.05, 0) is 105 Å².